The predicted molar refractivity (Wildman–Crippen MR) is 83.5 cm³/mol. The summed E-state index contributed by atoms with van der Waals surface area (Å²) < 4.78 is 36.9. The van der Waals surface area contributed by atoms with Crippen LogP contribution in [0.3, 0.4) is 0 Å². The van der Waals surface area contributed by atoms with Gasteiger partial charge < -0.3 is 5.32 Å². The van der Waals surface area contributed by atoms with Gasteiger partial charge in [-0.1, -0.05) is 12.5 Å². The lowest BCUT2D eigenvalue weighted by Crippen LogP contribution is -2.34. The molecule has 0 saturated heterocycles. The summed E-state index contributed by atoms with van der Waals surface area (Å²) in [5.41, 5.74) is 1.98. The third-order valence-electron chi connectivity index (χ3n) is 4.62. The Balaban J connectivity index is 2.24. The molecule has 0 aromatic heterocycles. The average Bonchev–Trinajstić information content (AvgIpc) is 2.41. The first kappa shape index (κ1) is 16.4. The average molecular weight is 313 g/mol. The van der Waals surface area contributed by atoms with Crippen LogP contribution >= 0.6 is 0 Å². The zero-order valence-corrected chi connectivity index (χ0v) is 13.7. The second-order valence-electron chi connectivity index (χ2n) is 6.15. The third-order valence-corrected chi connectivity index (χ3v) is 6.26. The minimum absolute atomic E-state index is 0.0788. The van der Waals surface area contributed by atoms with Gasteiger partial charge in [0.25, 0.3) is 0 Å². The lowest BCUT2D eigenvalue weighted by Gasteiger charge is -2.34. The molecule has 5 heteroatoms. The molecule has 0 radical (unpaired) electrons. The minimum Gasteiger partial charge on any atom is -0.313 e. The van der Waals surface area contributed by atoms with Gasteiger partial charge in [0.2, 0.25) is 0 Å². The molecule has 0 bridgehead atoms. The van der Waals surface area contributed by atoms with Crippen molar-refractivity contribution in [3.8, 4) is 0 Å². The van der Waals surface area contributed by atoms with Crippen LogP contribution in [0.5, 0.6) is 0 Å². The Morgan fingerprint density at radius 2 is 2.05 bits per heavy atom. The van der Waals surface area contributed by atoms with E-state index in [9.17, 15) is 12.8 Å². The lowest BCUT2D eigenvalue weighted by atomic mass is 9.80. The van der Waals surface area contributed by atoms with Crippen LogP contribution in [0.1, 0.15) is 42.9 Å². The van der Waals surface area contributed by atoms with Crippen LogP contribution in [0.4, 0.5) is 4.39 Å². The summed E-state index contributed by atoms with van der Waals surface area (Å²) in [5, 5.41) is 3.06. The van der Waals surface area contributed by atoms with Crippen LogP contribution in [0.2, 0.25) is 0 Å². The number of hydrogen-bond acceptors (Lipinski definition) is 3. The molecule has 1 aliphatic rings. The molecular weight excluding hydrogens is 289 g/mol. The summed E-state index contributed by atoms with van der Waals surface area (Å²) in [5.74, 6) is 0.0383. The Labute approximate surface area is 126 Å². The van der Waals surface area contributed by atoms with Gasteiger partial charge in [-0.2, -0.15) is 0 Å². The Morgan fingerprint density at radius 3 is 2.62 bits per heavy atom. The number of rotatable bonds is 4. The summed E-state index contributed by atoms with van der Waals surface area (Å²) in [6.45, 7) is 1.90. The maximum absolute atomic E-state index is 13.3. The molecule has 0 spiro atoms. The van der Waals surface area contributed by atoms with Gasteiger partial charge in [-0.15, -0.1) is 0 Å². The van der Waals surface area contributed by atoms with Crippen LogP contribution in [-0.2, 0) is 9.84 Å². The van der Waals surface area contributed by atoms with Crippen molar-refractivity contribution in [1.29, 1.82) is 0 Å². The summed E-state index contributed by atoms with van der Waals surface area (Å²) in [6, 6.07) is 4.91. The van der Waals surface area contributed by atoms with Gasteiger partial charge in [0.1, 0.15) is 15.7 Å². The largest absolute Gasteiger partial charge is 0.313 e. The predicted octanol–water partition coefficient (Wildman–Crippen LogP) is 3.00. The van der Waals surface area contributed by atoms with Crippen LogP contribution in [0, 0.1) is 18.7 Å². The number of sulfone groups is 1. The number of halogens is 1. The van der Waals surface area contributed by atoms with Gasteiger partial charge in [0, 0.05) is 12.3 Å². The molecular formula is C16H24FNO2S. The molecule has 3 unspecified atom stereocenters. The van der Waals surface area contributed by atoms with E-state index in [4.69, 9.17) is 0 Å². The number of nitrogens with one attached hydrogen (secondary N) is 1. The smallest absolute Gasteiger partial charge is 0.150 e. The second kappa shape index (κ2) is 6.44. The maximum atomic E-state index is 13.3. The van der Waals surface area contributed by atoms with Gasteiger partial charge in [-0.05, 0) is 62.4 Å². The normalized spacial score (nSPS) is 24.8. The highest BCUT2D eigenvalue weighted by Crippen LogP contribution is 2.37. The van der Waals surface area contributed by atoms with E-state index in [2.05, 4.69) is 5.32 Å². The fourth-order valence-corrected chi connectivity index (χ4v) is 4.70. The fourth-order valence-electron chi connectivity index (χ4n) is 3.51. The van der Waals surface area contributed by atoms with Crippen molar-refractivity contribution in [2.45, 2.75) is 43.9 Å². The number of hydrogen-bond donors (Lipinski definition) is 1. The highest BCUT2D eigenvalue weighted by atomic mass is 32.2. The van der Waals surface area contributed by atoms with Crippen LogP contribution in [-0.4, -0.2) is 27.0 Å². The van der Waals surface area contributed by atoms with E-state index >= 15 is 0 Å². The molecule has 0 heterocycles. The minimum atomic E-state index is -2.99. The summed E-state index contributed by atoms with van der Waals surface area (Å²) >= 11 is 0. The zero-order valence-electron chi connectivity index (χ0n) is 12.9. The molecule has 1 saturated carbocycles. The molecule has 3 atom stereocenters. The highest BCUT2D eigenvalue weighted by molar-refractivity contribution is 7.91. The van der Waals surface area contributed by atoms with Crippen molar-refractivity contribution >= 4 is 9.84 Å². The van der Waals surface area contributed by atoms with Crippen molar-refractivity contribution in [3.05, 3.63) is 35.1 Å². The Kier molecular flexibility index (Phi) is 5.04. The van der Waals surface area contributed by atoms with Gasteiger partial charge in [0.15, 0.2) is 0 Å². The molecule has 21 heavy (non-hydrogen) atoms. The third kappa shape index (κ3) is 3.83. The van der Waals surface area contributed by atoms with Crippen molar-refractivity contribution in [3.63, 3.8) is 0 Å². The van der Waals surface area contributed by atoms with Crippen molar-refractivity contribution in [2.24, 2.45) is 5.92 Å². The highest BCUT2D eigenvalue weighted by Gasteiger charge is 2.33. The Hall–Kier alpha value is -0.940. The van der Waals surface area contributed by atoms with Gasteiger partial charge >= 0.3 is 0 Å². The van der Waals surface area contributed by atoms with E-state index in [1.165, 1.54) is 18.4 Å². The van der Waals surface area contributed by atoms with Crippen LogP contribution in [0.15, 0.2) is 18.2 Å². The standard InChI is InChI=1S/C16H24FNO2S/c1-11-9-13(17)7-8-15(11)16(18-2)12-5-4-6-14(10-12)21(3,19)20/h7-9,12,14,16,18H,4-6,10H2,1-3H3. The first-order chi connectivity index (χ1) is 9.82. The van der Waals surface area contributed by atoms with E-state index < -0.39 is 9.84 Å². The van der Waals surface area contributed by atoms with Gasteiger partial charge in [-0.3, -0.25) is 0 Å². The summed E-state index contributed by atoms with van der Waals surface area (Å²) in [7, 11) is -1.10. The molecule has 0 amide bonds. The molecule has 0 aliphatic heterocycles. The number of benzene rings is 1. The first-order valence-electron chi connectivity index (χ1n) is 7.45. The molecule has 3 nitrogen and oxygen atoms in total. The summed E-state index contributed by atoms with van der Waals surface area (Å²) in [6.07, 6.45) is 4.71. The lowest BCUT2D eigenvalue weighted by molar-refractivity contribution is 0.282. The molecule has 1 aromatic carbocycles. The van der Waals surface area contributed by atoms with Crippen molar-refractivity contribution in [2.75, 3.05) is 13.3 Å². The number of aryl methyl sites for hydroxylation is 1. The Morgan fingerprint density at radius 1 is 1.33 bits per heavy atom. The van der Waals surface area contributed by atoms with Crippen molar-refractivity contribution in [1.82, 2.24) is 5.32 Å². The van der Waals surface area contributed by atoms with E-state index in [0.717, 1.165) is 30.4 Å². The molecule has 1 aliphatic carbocycles. The van der Waals surface area contributed by atoms with E-state index in [-0.39, 0.29) is 23.0 Å². The zero-order chi connectivity index (χ0) is 15.6. The molecule has 2 rings (SSSR count). The molecule has 1 N–H and O–H groups in total. The quantitative estimate of drug-likeness (QED) is 0.929. The van der Waals surface area contributed by atoms with E-state index in [1.54, 1.807) is 0 Å². The van der Waals surface area contributed by atoms with E-state index in [0.29, 0.717) is 6.42 Å². The molecule has 1 fully saturated rings. The topological polar surface area (TPSA) is 46.2 Å². The second-order valence-corrected chi connectivity index (χ2v) is 8.47. The first-order valence-corrected chi connectivity index (χ1v) is 9.40. The van der Waals surface area contributed by atoms with Crippen molar-refractivity contribution < 1.29 is 12.8 Å². The van der Waals surface area contributed by atoms with Crippen LogP contribution in [0.25, 0.3) is 0 Å². The maximum Gasteiger partial charge on any atom is 0.150 e. The van der Waals surface area contributed by atoms with Gasteiger partial charge in [-0.25, -0.2) is 12.8 Å². The van der Waals surface area contributed by atoms with Crippen LogP contribution < -0.4 is 5.32 Å². The molecule has 118 valence electrons. The van der Waals surface area contributed by atoms with E-state index in [1.807, 2.05) is 20.0 Å². The Bertz CT molecular complexity index is 600. The fraction of sp³-hybridized carbons (Fsp3) is 0.625. The SMILES string of the molecule is CNC(c1ccc(F)cc1C)C1CCCC(S(C)(=O)=O)C1. The summed E-state index contributed by atoms with van der Waals surface area (Å²) in [4.78, 5) is 0. The molecule has 1 aromatic rings. The van der Waals surface area contributed by atoms with Gasteiger partial charge in [0.05, 0.1) is 5.25 Å². The monoisotopic (exact) mass is 313 g/mol.